The van der Waals surface area contributed by atoms with Crippen LogP contribution in [0.15, 0.2) is 24.3 Å². The average molecular weight is 265 g/mol. The lowest BCUT2D eigenvalue weighted by atomic mass is 10.2. The number of nitrogens with zero attached hydrogens (tertiary/aromatic N) is 1. The van der Waals surface area contributed by atoms with Crippen molar-refractivity contribution in [2.45, 2.75) is 6.54 Å². The molecule has 104 valence electrons. The lowest BCUT2D eigenvalue weighted by Gasteiger charge is -2.14. The number of esters is 1. The maximum Gasteiger partial charge on any atom is 0.319 e. The fourth-order valence-corrected chi connectivity index (χ4v) is 1.56. The van der Waals surface area contributed by atoms with E-state index in [0.717, 1.165) is 5.56 Å². The quantitative estimate of drug-likeness (QED) is 0.717. The largest absolute Gasteiger partial charge is 0.468 e. The first-order valence-corrected chi connectivity index (χ1v) is 5.89. The van der Waals surface area contributed by atoms with Gasteiger partial charge in [0.1, 0.15) is 0 Å². The molecule has 0 aliphatic rings. The van der Waals surface area contributed by atoms with Crippen LogP contribution in [-0.2, 0) is 20.9 Å². The number of anilines is 1. The standard InChI is InChI=1S/C13H19N3O3/c1-16(9-13(18)19-2)8-12(17)15-11-5-3-4-10(6-11)7-14/h3-6H,7-9,14H2,1-2H3,(H,15,17). The van der Waals surface area contributed by atoms with Crippen LogP contribution in [0.2, 0.25) is 0 Å². The molecule has 0 saturated heterocycles. The molecule has 0 unspecified atom stereocenters. The van der Waals surface area contributed by atoms with E-state index in [4.69, 9.17) is 5.73 Å². The van der Waals surface area contributed by atoms with E-state index in [9.17, 15) is 9.59 Å². The van der Waals surface area contributed by atoms with Gasteiger partial charge in [-0.25, -0.2) is 0 Å². The minimum absolute atomic E-state index is 0.0762. The monoisotopic (exact) mass is 265 g/mol. The van der Waals surface area contributed by atoms with Crippen LogP contribution in [0.3, 0.4) is 0 Å². The number of ether oxygens (including phenoxy) is 1. The average Bonchev–Trinajstić information content (AvgIpc) is 2.38. The van der Waals surface area contributed by atoms with Crippen molar-refractivity contribution in [2.24, 2.45) is 5.73 Å². The van der Waals surface area contributed by atoms with Gasteiger partial charge >= 0.3 is 5.97 Å². The van der Waals surface area contributed by atoms with E-state index in [1.807, 2.05) is 18.2 Å². The highest BCUT2D eigenvalue weighted by Gasteiger charge is 2.10. The number of hydrogen-bond acceptors (Lipinski definition) is 5. The molecule has 0 aliphatic carbocycles. The number of carbonyl (C=O) groups excluding carboxylic acids is 2. The Balaban J connectivity index is 2.48. The molecule has 0 spiro atoms. The molecule has 6 nitrogen and oxygen atoms in total. The highest BCUT2D eigenvalue weighted by Crippen LogP contribution is 2.09. The van der Waals surface area contributed by atoms with Crippen LogP contribution in [0.1, 0.15) is 5.56 Å². The van der Waals surface area contributed by atoms with Gasteiger partial charge in [-0.1, -0.05) is 12.1 Å². The van der Waals surface area contributed by atoms with Crippen molar-refractivity contribution in [3.8, 4) is 0 Å². The fourth-order valence-electron chi connectivity index (χ4n) is 1.56. The van der Waals surface area contributed by atoms with E-state index >= 15 is 0 Å². The Morgan fingerprint density at radius 2 is 2.11 bits per heavy atom. The third-order valence-corrected chi connectivity index (χ3v) is 2.49. The van der Waals surface area contributed by atoms with Crippen LogP contribution >= 0.6 is 0 Å². The van der Waals surface area contributed by atoms with Crippen LogP contribution in [0, 0.1) is 0 Å². The van der Waals surface area contributed by atoms with E-state index in [-0.39, 0.29) is 25.0 Å². The topological polar surface area (TPSA) is 84.7 Å². The molecule has 0 radical (unpaired) electrons. The first-order chi connectivity index (χ1) is 9.05. The van der Waals surface area contributed by atoms with Gasteiger partial charge in [0.2, 0.25) is 5.91 Å². The third-order valence-electron chi connectivity index (χ3n) is 2.49. The lowest BCUT2D eigenvalue weighted by molar-refractivity contribution is -0.141. The molecule has 0 atom stereocenters. The summed E-state index contributed by atoms with van der Waals surface area (Å²) < 4.78 is 4.52. The normalized spacial score (nSPS) is 10.3. The Morgan fingerprint density at radius 3 is 2.74 bits per heavy atom. The van der Waals surface area contributed by atoms with E-state index in [1.165, 1.54) is 7.11 Å². The summed E-state index contributed by atoms with van der Waals surface area (Å²) in [5.41, 5.74) is 7.17. The summed E-state index contributed by atoms with van der Waals surface area (Å²) in [6, 6.07) is 7.32. The third kappa shape index (κ3) is 5.50. The first-order valence-electron chi connectivity index (χ1n) is 5.89. The molecule has 0 saturated carbocycles. The minimum atomic E-state index is -0.375. The Morgan fingerprint density at radius 1 is 1.37 bits per heavy atom. The van der Waals surface area contributed by atoms with Crippen molar-refractivity contribution in [2.75, 3.05) is 32.6 Å². The van der Waals surface area contributed by atoms with E-state index < -0.39 is 0 Å². The van der Waals surface area contributed by atoms with Gasteiger partial charge < -0.3 is 15.8 Å². The number of amides is 1. The van der Waals surface area contributed by atoms with Crippen LogP contribution in [-0.4, -0.2) is 44.0 Å². The van der Waals surface area contributed by atoms with Gasteiger partial charge in [0.05, 0.1) is 20.2 Å². The molecule has 3 N–H and O–H groups in total. The predicted molar refractivity (Wildman–Crippen MR) is 72.5 cm³/mol. The number of methoxy groups -OCH3 is 1. The van der Waals surface area contributed by atoms with Gasteiger partial charge in [-0.15, -0.1) is 0 Å². The zero-order chi connectivity index (χ0) is 14.3. The number of nitrogens with one attached hydrogen (secondary N) is 1. The maximum absolute atomic E-state index is 11.8. The van der Waals surface area contributed by atoms with Crippen LogP contribution in [0.4, 0.5) is 5.69 Å². The Labute approximate surface area is 112 Å². The van der Waals surface area contributed by atoms with Crippen LogP contribution in [0.25, 0.3) is 0 Å². The predicted octanol–water partition coefficient (Wildman–Crippen LogP) is 0.189. The maximum atomic E-state index is 11.8. The second-order valence-corrected chi connectivity index (χ2v) is 4.20. The van der Waals surface area contributed by atoms with Crippen molar-refractivity contribution in [1.82, 2.24) is 4.90 Å². The van der Waals surface area contributed by atoms with Gasteiger partial charge in [-0.3, -0.25) is 14.5 Å². The molecule has 0 aliphatic heterocycles. The van der Waals surface area contributed by atoms with Crippen LogP contribution in [0.5, 0.6) is 0 Å². The minimum Gasteiger partial charge on any atom is -0.468 e. The highest BCUT2D eigenvalue weighted by molar-refractivity contribution is 5.92. The fraction of sp³-hybridized carbons (Fsp3) is 0.385. The Hall–Kier alpha value is -1.92. The molecule has 1 aromatic rings. The molecule has 0 heterocycles. The molecular formula is C13H19N3O3. The zero-order valence-corrected chi connectivity index (χ0v) is 11.2. The Kier molecular flexibility index (Phi) is 5.98. The second kappa shape index (κ2) is 7.50. The molecule has 19 heavy (non-hydrogen) atoms. The zero-order valence-electron chi connectivity index (χ0n) is 11.2. The van der Waals surface area contributed by atoms with Crippen molar-refractivity contribution in [1.29, 1.82) is 0 Å². The van der Waals surface area contributed by atoms with Gasteiger partial charge in [0, 0.05) is 12.2 Å². The van der Waals surface area contributed by atoms with Crippen molar-refractivity contribution in [3.63, 3.8) is 0 Å². The van der Waals surface area contributed by atoms with Gasteiger partial charge in [0.25, 0.3) is 0 Å². The molecule has 1 amide bonds. The van der Waals surface area contributed by atoms with E-state index in [1.54, 1.807) is 18.0 Å². The molecule has 6 heteroatoms. The summed E-state index contributed by atoms with van der Waals surface area (Å²) in [5, 5.41) is 2.75. The summed E-state index contributed by atoms with van der Waals surface area (Å²) >= 11 is 0. The molecular weight excluding hydrogens is 246 g/mol. The smallest absolute Gasteiger partial charge is 0.319 e. The number of carbonyl (C=O) groups is 2. The molecule has 1 rings (SSSR count). The number of rotatable bonds is 6. The van der Waals surface area contributed by atoms with Gasteiger partial charge in [0.15, 0.2) is 0 Å². The lowest BCUT2D eigenvalue weighted by Crippen LogP contribution is -2.34. The second-order valence-electron chi connectivity index (χ2n) is 4.20. The van der Waals surface area contributed by atoms with Crippen molar-refractivity contribution >= 4 is 17.6 Å². The highest BCUT2D eigenvalue weighted by atomic mass is 16.5. The van der Waals surface area contributed by atoms with Crippen molar-refractivity contribution in [3.05, 3.63) is 29.8 Å². The number of likely N-dealkylation sites (N-methyl/N-ethyl adjacent to an activating group) is 1. The first kappa shape index (κ1) is 15.1. The molecule has 0 fully saturated rings. The molecule has 1 aromatic carbocycles. The summed E-state index contributed by atoms with van der Waals surface area (Å²) in [4.78, 5) is 24.4. The Bertz CT molecular complexity index is 449. The summed E-state index contributed by atoms with van der Waals surface area (Å²) in [5.74, 6) is -0.569. The summed E-state index contributed by atoms with van der Waals surface area (Å²) in [6.07, 6.45) is 0. The van der Waals surface area contributed by atoms with Crippen LogP contribution < -0.4 is 11.1 Å². The summed E-state index contributed by atoms with van der Waals surface area (Å²) in [6.45, 7) is 0.612. The SMILES string of the molecule is COC(=O)CN(C)CC(=O)Nc1cccc(CN)c1. The molecule has 0 aromatic heterocycles. The number of nitrogens with two attached hydrogens (primary N) is 1. The number of hydrogen-bond donors (Lipinski definition) is 2. The van der Waals surface area contributed by atoms with E-state index in [2.05, 4.69) is 10.1 Å². The van der Waals surface area contributed by atoms with E-state index in [0.29, 0.717) is 12.2 Å². The van der Waals surface area contributed by atoms with Gasteiger partial charge in [-0.05, 0) is 24.7 Å². The van der Waals surface area contributed by atoms with Gasteiger partial charge in [-0.2, -0.15) is 0 Å². The number of benzene rings is 1. The van der Waals surface area contributed by atoms with Crippen molar-refractivity contribution < 1.29 is 14.3 Å². The summed E-state index contributed by atoms with van der Waals surface area (Å²) in [7, 11) is 2.99. The molecule has 0 bridgehead atoms.